The molecule has 1 saturated carbocycles. The summed E-state index contributed by atoms with van der Waals surface area (Å²) in [5.74, 6) is 0.243. The lowest BCUT2D eigenvalue weighted by Crippen LogP contribution is -2.30. The molecule has 0 spiro atoms. The van der Waals surface area contributed by atoms with Crippen molar-refractivity contribution in [1.82, 2.24) is 4.98 Å². The Morgan fingerprint density at radius 1 is 1.15 bits per heavy atom. The monoisotopic (exact) mass is 280 g/mol. The van der Waals surface area contributed by atoms with Crippen molar-refractivity contribution in [1.29, 1.82) is 0 Å². The van der Waals surface area contributed by atoms with Gasteiger partial charge in [-0.25, -0.2) is 0 Å². The van der Waals surface area contributed by atoms with Crippen LogP contribution < -0.4 is 0 Å². The Morgan fingerprint density at radius 2 is 2.00 bits per heavy atom. The van der Waals surface area contributed by atoms with Crippen LogP contribution in [0.2, 0.25) is 0 Å². The van der Waals surface area contributed by atoms with Gasteiger partial charge in [-0.3, -0.25) is 4.98 Å². The van der Waals surface area contributed by atoms with Crippen LogP contribution in [-0.2, 0) is 0 Å². The highest BCUT2D eigenvalue weighted by atomic mass is 19.4. The number of nitrogens with zero attached hydrogens (tertiary/aromatic N) is 1. The lowest BCUT2D eigenvalue weighted by Gasteiger charge is -2.40. The molecule has 0 aliphatic heterocycles. The Morgan fingerprint density at radius 3 is 2.60 bits per heavy atom. The molecule has 0 amide bonds. The molecule has 20 heavy (non-hydrogen) atoms. The van der Waals surface area contributed by atoms with Gasteiger partial charge in [-0.1, -0.05) is 17.7 Å². The summed E-state index contributed by atoms with van der Waals surface area (Å²) >= 11 is 0. The first-order valence-electron chi connectivity index (χ1n) is 7.08. The zero-order valence-corrected chi connectivity index (χ0v) is 11.2. The maximum absolute atomic E-state index is 12.9. The van der Waals surface area contributed by atoms with Crippen LogP contribution in [0.5, 0.6) is 0 Å². The minimum Gasteiger partial charge on any atom is -0.261 e. The topological polar surface area (TPSA) is 12.9 Å². The minimum absolute atomic E-state index is 0.155. The second kappa shape index (κ2) is 5.23. The summed E-state index contributed by atoms with van der Waals surface area (Å²) < 4.78 is 38.6. The number of hydrogen-bond donors (Lipinski definition) is 0. The van der Waals surface area contributed by atoms with E-state index in [9.17, 15) is 13.2 Å². The average molecular weight is 280 g/mol. The van der Waals surface area contributed by atoms with Gasteiger partial charge in [0.05, 0.1) is 5.92 Å². The number of aromatic nitrogens is 1. The Kier molecular flexibility index (Phi) is 3.57. The number of hydrogen-bond acceptors (Lipinski definition) is 1. The van der Waals surface area contributed by atoms with Crippen LogP contribution in [0.25, 0.3) is 0 Å². The highest BCUT2D eigenvalue weighted by Gasteiger charge is 2.44. The van der Waals surface area contributed by atoms with Crippen molar-refractivity contribution in [2.75, 3.05) is 0 Å². The molecule has 2 aliphatic rings. The van der Waals surface area contributed by atoms with Crippen molar-refractivity contribution in [3.63, 3.8) is 0 Å². The number of alkyl halides is 3. The van der Waals surface area contributed by atoms with E-state index in [4.69, 9.17) is 0 Å². The van der Waals surface area contributed by atoms with E-state index in [-0.39, 0.29) is 18.8 Å². The lowest BCUT2D eigenvalue weighted by atomic mass is 9.65. The highest BCUT2D eigenvalue weighted by molar-refractivity contribution is 5.39. The molecular formula is C16H17F3N. The van der Waals surface area contributed by atoms with Gasteiger partial charge in [0, 0.05) is 23.7 Å². The zero-order valence-electron chi connectivity index (χ0n) is 11.2. The fraction of sp³-hybridized carbons (Fsp3) is 0.500. The molecule has 0 aromatic carbocycles. The zero-order chi connectivity index (χ0) is 14.2. The Balaban J connectivity index is 1.72. The van der Waals surface area contributed by atoms with Gasteiger partial charge in [0.2, 0.25) is 0 Å². The van der Waals surface area contributed by atoms with E-state index < -0.39 is 12.1 Å². The predicted molar refractivity (Wildman–Crippen MR) is 70.9 cm³/mol. The number of halogens is 3. The fourth-order valence-electron chi connectivity index (χ4n) is 3.18. The SMILES string of the molecule is FC(F)(F)C1CCC=C([C]2CCC2c2ccccn2)C1. The number of rotatable bonds is 2. The minimum atomic E-state index is -4.07. The van der Waals surface area contributed by atoms with Gasteiger partial charge in [0.1, 0.15) is 0 Å². The van der Waals surface area contributed by atoms with E-state index in [1.807, 2.05) is 24.3 Å². The van der Waals surface area contributed by atoms with Crippen molar-refractivity contribution in [2.45, 2.75) is 44.2 Å². The molecule has 2 atom stereocenters. The van der Waals surface area contributed by atoms with Gasteiger partial charge in [0.15, 0.2) is 0 Å². The molecule has 1 nitrogen and oxygen atoms in total. The van der Waals surface area contributed by atoms with Crippen molar-refractivity contribution in [3.05, 3.63) is 47.7 Å². The maximum atomic E-state index is 12.9. The standard InChI is InChI=1S/C16H17F3N/c17-16(18,19)12-5-3-4-11(10-12)13-7-8-14(13)15-6-1-2-9-20-15/h1-2,4,6,9,12,14H,3,5,7-8,10H2. The second-order valence-electron chi connectivity index (χ2n) is 5.62. The third-order valence-electron chi connectivity index (χ3n) is 4.42. The molecule has 2 aliphatic carbocycles. The molecular weight excluding hydrogens is 263 g/mol. The van der Waals surface area contributed by atoms with Crippen molar-refractivity contribution in [2.24, 2.45) is 5.92 Å². The molecule has 1 radical (unpaired) electrons. The summed E-state index contributed by atoms with van der Waals surface area (Å²) in [6.07, 6.45) is 2.53. The average Bonchev–Trinajstić information content (AvgIpc) is 2.38. The third-order valence-corrected chi connectivity index (χ3v) is 4.42. The lowest BCUT2D eigenvalue weighted by molar-refractivity contribution is -0.176. The largest absolute Gasteiger partial charge is 0.392 e. The van der Waals surface area contributed by atoms with Crippen LogP contribution in [0.15, 0.2) is 36.0 Å². The van der Waals surface area contributed by atoms with Gasteiger partial charge in [-0.15, -0.1) is 0 Å². The maximum Gasteiger partial charge on any atom is 0.392 e. The predicted octanol–water partition coefficient (Wildman–Crippen LogP) is 4.82. The van der Waals surface area contributed by atoms with Crippen molar-refractivity contribution in [3.8, 4) is 0 Å². The van der Waals surface area contributed by atoms with Crippen molar-refractivity contribution >= 4 is 0 Å². The van der Waals surface area contributed by atoms with E-state index in [0.717, 1.165) is 24.1 Å². The molecule has 0 saturated heterocycles. The smallest absolute Gasteiger partial charge is 0.261 e. The molecule has 1 fully saturated rings. The molecule has 0 bridgehead atoms. The molecule has 1 aromatic rings. The Hall–Kier alpha value is -1.32. The first-order valence-corrected chi connectivity index (χ1v) is 7.08. The Labute approximate surface area is 116 Å². The summed E-state index contributed by atoms with van der Waals surface area (Å²) in [5.41, 5.74) is 1.92. The van der Waals surface area contributed by atoms with Crippen molar-refractivity contribution < 1.29 is 13.2 Å². The first kappa shape index (κ1) is 13.7. The fourth-order valence-corrected chi connectivity index (χ4v) is 3.18. The van der Waals surface area contributed by atoms with E-state index in [1.54, 1.807) is 6.20 Å². The van der Waals surface area contributed by atoms with Crippen LogP contribution in [0, 0.1) is 11.8 Å². The van der Waals surface area contributed by atoms with Crippen LogP contribution in [-0.4, -0.2) is 11.2 Å². The third kappa shape index (κ3) is 2.60. The van der Waals surface area contributed by atoms with Gasteiger partial charge in [-0.05, 0) is 44.2 Å². The van der Waals surface area contributed by atoms with Crippen LogP contribution >= 0.6 is 0 Å². The molecule has 0 N–H and O–H groups in total. The molecule has 1 aromatic heterocycles. The van der Waals surface area contributed by atoms with Gasteiger partial charge >= 0.3 is 6.18 Å². The molecule has 107 valence electrons. The van der Waals surface area contributed by atoms with Gasteiger partial charge in [0.25, 0.3) is 0 Å². The second-order valence-corrected chi connectivity index (χ2v) is 5.62. The Bertz CT molecular complexity index is 492. The molecule has 4 heteroatoms. The van der Waals surface area contributed by atoms with E-state index in [1.165, 1.54) is 5.92 Å². The first-order chi connectivity index (χ1) is 9.55. The normalized spacial score (nSPS) is 27.9. The number of pyridine rings is 1. The summed E-state index contributed by atoms with van der Waals surface area (Å²) in [6.45, 7) is 0. The quantitative estimate of drug-likeness (QED) is 0.756. The van der Waals surface area contributed by atoms with Crippen LogP contribution in [0.3, 0.4) is 0 Å². The van der Waals surface area contributed by atoms with Gasteiger partial charge < -0.3 is 0 Å². The number of allylic oxidation sites excluding steroid dienone is 2. The van der Waals surface area contributed by atoms with E-state index in [2.05, 4.69) is 4.98 Å². The molecule has 2 unspecified atom stereocenters. The summed E-state index contributed by atoms with van der Waals surface area (Å²) in [6, 6.07) is 5.77. The summed E-state index contributed by atoms with van der Waals surface area (Å²) in [7, 11) is 0. The van der Waals surface area contributed by atoms with E-state index in [0.29, 0.717) is 6.42 Å². The van der Waals surface area contributed by atoms with Crippen LogP contribution in [0.1, 0.15) is 43.7 Å². The van der Waals surface area contributed by atoms with E-state index >= 15 is 0 Å². The summed E-state index contributed by atoms with van der Waals surface area (Å²) in [5, 5.41) is 0. The highest BCUT2D eigenvalue weighted by Crippen LogP contribution is 2.51. The van der Waals surface area contributed by atoms with Crippen LogP contribution in [0.4, 0.5) is 13.2 Å². The molecule has 1 heterocycles. The van der Waals surface area contributed by atoms with Gasteiger partial charge in [-0.2, -0.15) is 13.2 Å². The molecule has 3 rings (SSSR count). The summed E-state index contributed by atoms with van der Waals surface area (Å²) in [4.78, 5) is 4.34.